The molecular formula is C18H20N2O. The summed E-state index contributed by atoms with van der Waals surface area (Å²) in [7, 11) is 0. The molecule has 0 spiro atoms. The van der Waals surface area contributed by atoms with Crippen molar-refractivity contribution >= 4 is 10.9 Å². The number of ether oxygens (including phenoxy) is 1. The van der Waals surface area contributed by atoms with Gasteiger partial charge in [-0.2, -0.15) is 0 Å². The third-order valence-electron chi connectivity index (χ3n) is 3.61. The largest absolute Gasteiger partial charge is 0.356 e. The van der Waals surface area contributed by atoms with Crippen LogP contribution >= 0.6 is 0 Å². The molecule has 0 saturated carbocycles. The molecule has 0 amide bonds. The molecule has 0 aliphatic heterocycles. The van der Waals surface area contributed by atoms with Gasteiger partial charge in [0.2, 0.25) is 0 Å². The van der Waals surface area contributed by atoms with E-state index in [9.17, 15) is 0 Å². The minimum absolute atomic E-state index is 0.560. The normalized spacial score (nSPS) is 11.1. The molecule has 108 valence electrons. The first-order chi connectivity index (χ1) is 10.4. The molecule has 0 fully saturated rings. The lowest BCUT2D eigenvalue weighted by Gasteiger charge is -2.08. The molecule has 0 saturated heterocycles. The van der Waals surface area contributed by atoms with Crippen LogP contribution in [-0.2, 0) is 24.5 Å². The molecule has 3 nitrogen and oxygen atoms in total. The van der Waals surface area contributed by atoms with Crippen molar-refractivity contribution in [1.82, 2.24) is 4.57 Å². The second-order valence-corrected chi connectivity index (χ2v) is 5.18. The smallest absolute Gasteiger partial charge is 0.123 e. The molecule has 0 unspecified atom stereocenters. The maximum absolute atomic E-state index is 5.81. The van der Waals surface area contributed by atoms with Gasteiger partial charge in [0.05, 0.1) is 12.1 Å². The molecule has 0 aliphatic rings. The third kappa shape index (κ3) is 3.32. The van der Waals surface area contributed by atoms with Crippen LogP contribution in [0.4, 0.5) is 0 Å². The fourth-order valence-corrected chi connectivity index (χ4v) is 2.50. The van der Waals surface area contributed by atoms with Gasteiger partial charge < -0.3 is 15.0 Å². The van der Waals surface area contributed by atoms with Crippen LogP contribution in [0.25, 0.3) is 10.9 Å². The highest BCUT2D eigenvalue weighted by molar-refractivity contribution is 5.80. The van der Waals surface area contributed by atoms with Crippen LogP contribution in [0.3, 0.4) is 0 Å². The zero-order chi connectivity index (χ0) is 14.5. The molecule has 0 bridgehead atoms. The van der Waals surface area contributed by atoms with Gasteiger partial charge in [0.1, 0.15) is 6.73 Å². The molecule has 3 heteroatoms. The highest BCUT2D eigenvalue weighted by atomic mass is 16.5. The van der Waals surface area contributed by atoms with E-state index in [1.807, 2.05) is 18.2 Å². The van der Waals surface area contributed by atoms with Crippen LogP contribution in [0.1, 0.15) is 11.1 Å². The van der Waals surface area contributed by atoms with Gasteiger partial charge in [-0.25, -0.2) is 0 Å². The first-order valence-electron chi connectivity index (χ1n) is 7.26. The minimum atomic E-state index is 0.560. The predicted molar refractivity (Wildman–Crippen MR) is 85.9 cm³/mol. The van der Waals surface area contributed by atoms with E-state index >= 15 is 0 Å². The Morgan fingerprint density at radius 3 is 2.62 bits per heavy atom. The summed E-state index contributed by atoms with van der Waals surface area (Å²) in [6.45, 7) is 1.87. The number of nitrogens with two attached hydrogens (primary N) is 1. The number of hydrogen-bond acceptors (Lipinski definition) is 2. The van der Waals surface area contributed by atoms with E-state index in [4.69, 9.17) is 10.5 Å². The van der Waals surface area contributed by atoms with Crippen LogP contribution < -0.4 is 5.73 Å². The standard InChI is InChI=1S/C18H20N2O/c19-10-8-15-6-7-17-9-11-20(18(17)12-15)14-21-13-16-4-2-1-3-5-16/h1-7,9,11-12H,8,10,13-14,19H2. The topological polar surface area (TPSA) is 40.2 Å². The summed E-state index contributed by atoms with van der Waals surface area (Å²) >= 11 is 0. The summed E-state index contributed by atoms with van der Waals surface area (Å²) in [5.74, 6) is 0. The molecule has 3 rings (SSSR count). The average molecular weight is 280 g/mol. The van der Waals surface area contributed by atoms with Crippen LogP contribution in [0, 0.1) is 0 Å². The van der Waals surface area contributed by atoms with Gasteiger partial charge in [0.25, 0.3) is 0 Å². The Bertz CT molecular complexity index is 704. The Balaban J connectivity index is 1.70. The molecule has 0 aliphatic carbocycles. The van der Waals surface area contributed by atoms with Gasteiger partial charge >= 0.3 is 0 Å². The summed E-state index contributed by atoms with van der Waals surface area (Å²) in [4.78, 5) is 0. The molecule has 2 aromatic carbocycles. The molecule has 2 N–H and O–H groups in total. The van der Waals surface area contributed by atoms with E-state index in [0.29, 0.717) is 19.9 Å². The fourth-order valence-electron chi connectivity index (χ4n) is 2.50. The van der Waals surface area contributed by atoms with Crippen molar-refractivity contribution in [3.63, 3.8) is 0 Å². The van der Waals surface area contributed by atoms with Gasteiger partial charge in [-0.1, -0.05) is 42.5 Å². The average Bonchev–Trinajstić information content (AvgIpc) is 2.91. The Kier molecular flexibility index (Phi) is 4.34. The quantitative estimate of drug-likeness (QED) is 0.752. The third-order valence-corrected chi connectivity index (χ3v) is 3.61. The highest BCUT2D eigenvalue weighted by Crippen LogP contribution is 2.18. The van der Waals surface area contributed by atoms with Gasteiger partial charge in [0, 0.05) is 6.20 Å². The number of nitrogens with zero attached hydrogens (tertiary/aromatic N) is 1. The van der Waals surface area contributed by atoms with Crippen molar-refractivity contribution in [2.45, 2.75) is 19.8 Å². The Hall–Kier alpha value is -2.10. The molecule has 0 atom stereocenters. The number of rotatable bonds is 6. The van der Waals surface area contributed by atoms with E-state index in [0.717, 1.165) is 6.42 Å². The van der Waals surface area contributed by atoms with Crippen LogP contribution in [0.15, 0.2) is 60.8 Å². The van der Waals surface area contributed by atoms with E-state index in [2.05, 4.69) is 47.2 Å². The lowest BCUT2D eigenvalue weighted by molar-refractivity contribution is 0.0668. The van der Waals surface area contributed by atoms with Gasteiger partial charge in [0.15, 0.2) is 0 Å². The second kappa shape index (κ2) is 6.57. The molecule has 21 heavy (non-hydrogen) atoms. The number of fused-ring (bicyclic) bond motifs is 1. The van der Waals surface area contributed by atoms with Crippen LogP contribution in [0.5, 0.6) is 0 Å². The number of benzene rings is 2. The van der Waals surface area contributed by atoms with Crippen molar-refractivity contribution in [3.05, 3.63) is 71.9 Å². The number of aromatic nitrogens is 1. The molecule has 3 aromatic rings. The van der Waals surface area contributed by atoms with Gasteiger partial charge in [-0.05, 0) is 41.6 Å². The van der Waals surface area contributed by atoms with E-state index in [-0.39, 0.29) is 0 Å². The maximum atomic E-state index is 5.81. The lowest BCUT2D eigenvalue weighted by Crippen LogP contribution is -2.04. The molecule has 1 aromatic heterocycles. The van der Waals surface area contributed by atoms with Crippen molar-refractivity contribution in [1.29, 1.82) is 0 Å². The first-order valence-corrected chi connectivity index (χ1v) is 7.26. The summed E-state index contributed by atoms with van der Waals surface area (Å²) < 4.78 is 7.95. The fraction of sp³-hybridized carbons (Fsp3) is 0.222. The molecular weight excluding hydrogens is 260 g/mol. The molecule has 0 radical (unpaired) electrons. The zero-order valence-corrected chi connectivity index (χ0v) is 12.0. The maximum Gasteiger partial charge on any atom is 0.123 e. The predicted octanol–water partition coefficient (Wildman–Crippen LogP) is 3.32. The van der Waals surface area contributed by atoms with E-state index < -0.39 is 0 Å². The summed E-state index contributed by atoms with van der Waals surface area (Å²) in [6, 6.07) is 18.8. The second-order valence-electron chi connectivity index (χ2n) is 5.18. The summed E-state index contributed by atoms with van der Waals surface area (Å²) in [6.07, 6.45) is 2.98. The monoisotopic (exact) mass is 280 g/mol. The van der Waals surface area contributed by atoms with Crippen molar-refractivity contribution in [2.75, 3.05) is 6.54 Å². The lowest BCUT2D eigenvalue weighted by atomic mass is 10.1. The van der Waals surface area contributed by atoms with Crippen molar-refractivity contribution in [2.24, 2.45) is 5.73 Å². The van der Waals surface area contributed by atoms with E-state index in [1.165, 1.54) is 22.0 Å². The zero-order valence-electron chi connectivity index (χ0n) is 12.0. The number of hydrogen-bond donors (Lipinski definition) is 1. The Labute approximate surface area is 125 Å². The Morgan fingerprint density at radius 2 is 1.81 bits per heavy atom. The summed E-state index contributed by atoms with van der Waals surface area (Å²) in [5.41, 5.74) is 9.30. The van der Waals surface area contributed by atoms with Gasteiger partial charge in [-0.15, -0.1) is 0 Å². The van der Waals surface area contributed by atoms with E-state index in [1.54, 1.807) is 0 Å². The van der Waals surface area contributed by atoms with Gasteiger partial charge in [-0.3, -0.25) is 0 Å². The Morgan fingerprint density at radius 1 is 0.952 bits per heavy atom. The van der Waals surface area contributed by atoms with Crippen LogP contribution in [-0.4, -0.2) is 11.1 Å². The van der Waals surface area contributed by atoms with Crippen LogP contribution in [0.2, 0.25) is 0 Å². The van der Waals surface area contributed by atoms with Crippen molar-refractivity contribution < 1.29 is 4.74 Å². The highest BCUT2D eigenvalue weighted by Gasteiger charge is 2.02. The molecule has 1 heterocycles. The van der Waals surface area contributed by atoms with Crippen molar-refractivity contribution in [3.8, 4) is 0 Å². The minimum Gasteiger partial charge on any atom is -0.356 e. The SMILES string of the molecule is NCCc1ccc2ccn(COCc3ccccc3)c2c1. The summed E-state index contributed by atoms with van der Waals surface area (Å²) in [5, 5.41) is 1.24. The first kappa shape index (κ1) is 13.9.